The molecule has 1 aliphatic heterocycles. The standard InChI is InChI=1S/C40H37N7O9/c1-41-37(51)32(17-24-20-42-21-44-24)47-38(52)31(15-22-5-3-2-4-6-22)46-35(50)13-14-43-40(55)45-23-7-10-27(30(16-23)39(53)54)36-28-11-8-25(48)18-33(28)56-34-19-26(49)9-12-29(34)36/h2-12,16,18-21,31-32,48H,13-15,17H2,1H3,(H,41,51)(H,42,44)(H,46,50)(H,47,52)(H,53,54)(H2,43,45,55)/t31-,32-/m0/s1. The molecule has 16 heteroatoms. The number of hydrogen-bond donors (Lipinski definition) is 8. The van der Waals surface area contributed by atoms with Crippen LogP contribution in [0.2, 0.25) is 0 Å². The number of urea groups is 1. The van der Waals surface area contributed by atoms with Crippen molar-refractivity contribution >= 4 is 46.4 Å². The van der Waals surface area contributed by atoms with Crippen LogP contribution in [0.1, 0.15) is 28.0 Å². The number of anilines is 1. The highest BCUT2D eigenvalue weighted by atomic mass is 16.4. The van der Waals surface area contributed by atoms with Gasteiger partial charge in [-0.3, -0.25) is 19.2 Å². The van der Waals surface area contributed by atoms with Crippen LogP contribution >= 0.6 is 0 Å². The van der Waals surface area contributed by atoms with Crippen molar-refractivity contribution in [2.24, 2.45) is 0 Å². The molecule has 0 spiro atoms. The number of phenolic OH excluding ortho intramolecular Hbond substituents is 1. The Kier molecular flexibility index (Phi) is 11.7. The molecule has 5 amide bonds. The zero-order valence-electron chi connectivity index (χ0n) is 29.9. The summed E-state index contributed by atoms with van der Waals surface area (Å²) in [7, 11) is 1.45. The summed E-state index contributed by atoms with van der Waals surface area (Å²) in [5.41, 5.74) is 2.45. The van der Waals surface area contributed by atoms with Crippen molar-refractivity contribution in [2.75, 3.05) is 18.9 Å². The van der Waals surface area contributed by atoms with Gasteiger partial charge in [0.1, 0.15) is 29.2 Å². The Bertz CT molecular complexity index is 2430. The van der Waals surface area contributed by atoms with Gasteiger partial charge in [0.15, 0.2) is 5.43 Å². The summed E-state index contributed by atoms with van der Waals surface area (Å²) in [6, 6.07) is 19.1. The first kappa shape index (κ1) is 38.2. The van der Waals surface area contributed by atoms with Crippen molar-refractivity contribution in [3.63, 3.8) is 0 Å². The maximum Gasteiger partial charge on any atom is 0.336 e. The maximum absolute atomic E-state index is 13.5. The summed E-state index contributed by atoms with van der Waals surface area (Å²) in [5.74, 6) is -2.75. The van der Waals surface area contributed by atoms with Gasteiger partial charge in [0.25, 0.3) is 0 Å². The van der Waals surface area contributed by atoms with E-state index in [2.05, 4.69) is 36.6 Å². The third-order valence-corrected chi connectivity index (χ3v) is 8.88. The lowest BCUT2D eigenvalue weighted by Crippen LogP contribution is -2.55. The van der Waals surface area contributed by atoms with E-state index in [4.69, 9.17) is 4.42 Å². The van der Waals surface area contributed by atoms with Crippen LogP contribution in [0.4, 0.5) is 10.5 Å². The van der Waals surface area contributed by atoms with E-state index < -0.39 is 41.8 Å². The molecular formula is C40H37N7O9. The predicted molar refractivity (Wildman–Crippen MR) is 205 cm³/mol. The molecule has 4 aromatic rings. The number of carbonyl (C=O) groups is 5. The Labute approximate surface area is 318 Å². The number of imidazole rings is 1. The van der Waals surface area contributed by atoms with Crippen LogP contribution in [0, 0.1) is 0 Å². The van der Waals surface area contributed by atoms with E-state index in [-0.39, 0.29) is 65.1 Å². The normalized spacial score (nSPS) is 12.0. The first-order chi connectivity index (χ1) is 27.0. The van der Waals surface area contributed by atoms with E-state index in [1.54, 1.807) is 36.5 Å². The summed E-state index contributed by atoms with van der Waals surface area (Å²) in [6.07, 6.45) is 3.06. The molecule has 1 aliphatic carbocycles. The fraction of sp³-hybridized carbons (Fsp3) is 0.175. The van der Waals surface area contributed by atoms with Crippen LogP contribution in [-0.4, -0.2) is 75.6 Å². The van der Waals surface area contributed by atoms with Crippen molar-refractivity contribution in [1.29, 1.82) is 0 Å². The number of aromatic carboxylic acids is 1. The maximum atomic E-state index is 13.5. The SMILES string of the molecule is CNC(=O)[C@H](Cc1cnc[nH]1)NC(=O)[C@H](Cc1ccccc1)NC(=O)CCNC(=O)Nc1ccc(-c2c3ccc(=O)cc-3oc3cc(O)ccc23)c(C(=O)O)c1. The van der Waals surface area contributed by atoms with Crippen molar-refractivity contribution in [2.45, 2.75) is 31.3 Å². The number of phenols is 1. The smallest absolute Gasteiger partial charge is 0.336 e. The number of nitrogens with one attached hydrogen (secondary N) is 6. The van der Waals surface area contributed by atoms with Crippen LogP contribution in [0.5, 0.6) is 5.75 Å². The molecule has 286 valence electrons. The second kappa shape index (κ2) is 17.1. The number of hydrogen-bond acceptors (Lipinski definition) is 9. The highest BCUT2D eigenvalue weighted by Crippen LogP contribution is 2.42. The van der Waals surface area contributed by atoms with Gasteiger partial charge in [0.2, 0.25) is 17.7 Å². The van der Waals surface area contributed by atoms with Crippen molar-refractivity contribution < 1.29 is 38.6 Å². The van der Waals surface area contributed by atoms with E-state index in [0.29, 0.717) is 22.2 Å². The number of benzene rings is 4. The number of rotatable bonds is 14. The van der Waals surface area contributed by atoms with Crippen molar-refractivity contribution in [3.05, 3.63) is 124 Å². The Morgan fingerprint density at radius 1 is 0.857 bits per heavy atom. The number of H-pyrrole nitrogens is 1. The number of aromatic amines is 1. The Hall–Kier alpha value is -7.49. The van der Waals surface area contributed by atoms with Gasteiger partial charge in [-0.15, -0.1) is 0 Å². The first-order valence-corrected chi connectivity index (χ1v) is 17.4. The number of fused-ring (bicyclic) bond motifs is 2. The van der Waals surface area contributed by atoms with Crippen LogP contribution in [-0.2, 0) is 27.2 Å². The highest BCUT2D eigenvalue weighted by molar-refractivity contribution is 6.08. The lowest BCUT2D eigenvalue weighted by Gasteiger charge is -2.23. The van der Waals surface area contributed by atoms with Crippen molar-refractivity contribution in [1.82, 2.24) is 31.2 Å². The number of carboxylic acid groups (broad SMARTS) is 1. The number of aromatic nitrogens is 2. The monoisotopic (exact) mass is 759 g/mol. The molecule has 0 fully saturated rings. The average Bonchev–Trinajstić information content (AvgIpc) is 3.69. The summed E-state index contributed by atoms with van der Waals surface area (Å²) in [4.78, 5) is 83.6. The fourth-order valence-electron chi connectivity index (χ4n) is 6.23. The molecule has 2 atom stereocenters. The molecule has 1 aromatic heterocycles. The molecule has 2 aliphatic rings. The Morgan fingerprint density at radius 3 is 2.36 bits per heavy atom. The molecule has 16 nitrogen and oxygen atoms in total. The molecule has 0 saturated carbocycles. The molecule has 8 N–H and O–H groups in total. The van der Waals surface area contributed by atoms with Gasteiger partial charge in [-0.2, -0.15) is 0 Å². The molecular weight excluding hydrogens is 722 g/mol. The molecule has 2 heterocycles. The number of amides is 5. The first-order valence-electron chi connectivity index (χ1n) is 17.4. The molecule has 0 unspecified atom stereocenters. The van der Waals surface area contributed by atoms with Gasteiger partial charge in [0.05, 0.1) is 11.9 Å². The fourth-order valence-corrected chi connectivity index (χ4v) is 6.23. The summed E-state index contributed by atoms with van der Waals surface area (Å²) >= 11 is 0. The Morgan fingerprint density at radius 2 is 1.62 bits per heavy atom. The van der Waals surface area contributed by atoms with Crippen molar-refractivity contribution in [3.8, 4) is 28.2 Å². The molecule has 0 radical (unpaired) electrons. The average molecular weight is 760 g/mol. The molecule has 3 aromatic carbocycles. The lowest BCUT2D eigenvalue weighted by atomic mass is 9.90. The third-order valence-electron chi connectivity index (χ3n) is 8.88. The zero-order valence-corrected chi connectivity index (χ0v) is 29.9. The molecule has 0 bridgehead atoms. The quantitative estimate of drug-likeness (QED) is 0.0753. The van der Waals surface area contributed by atoms with E-state index in [0.717, 1.165) is 5.56 Å². The third kappa shape index (κ3) is 9.17. The number of carboxylic acids is 1. The summed E-state index contributed by atoms with van der Waals surface area (Å²) in [6.45, 7) is -0.137. The van der Waals surface area contributed by atoms with Gasteiger partial charge >= 0.3 is 12.0 Å². The second-order valence-electron chi connectivity index (χ2n) is 12.8. The van der Waals surface area contributed by atoms with Crippen LogP contribution in [0.25, 0.3) is 33.4 Å². The minimum absolute atomic E-state index is 0.0861. The molecule has 0 saturated heterocycles. The topological polar surface area (TPSA) is 245 Å². The second-order valence-corrected chi connectivity index (χ2v) is 12.8. The van der Waals surface area contributed by atoms with E-state index in [1.165, 1.54) is 61.9 Å². The number of aromatic hydroxyl groups is 1. The van der Waals surface area contributed by atoms with Gasteiger partial charge in [-0.25, -0.2) is 14.6 Å². The minimum atomic E-state index is -1.29. The van der Waals surface area contributed by atoms with Gasteiger partial charge in [-0.05, 0) is 47.5 Å². The van der Waals surface area contributed by atoms with Gasteiger partial charge in [0, 0.05) is 79.1 Å². The zero-order chi connectivity index (χ0) is 39.8. The lowest BCUT2D eigenvalue weighted by molar-refractivity contribution is -0.131. The predicted octanol–water partition coefficient (Wildman–Crippen LogP) is 3.40. The molecule has 6 rings (SSSR count). The van der Waals surface area contributed by atoms with E-state index >= 15 is 0 Å². The number of likely N-dealkylation sites (N-methyl/N-ethyl adjacent to an activating group) is 1. The van der Waals surface area contributed by atoms with Crippen LogP contribution in [0.3, 0.4) is 0 Å². The number of carbonyl (C=O) groups excluding carboxylic acids is 4. The van der Waals surface area contributed by atoms with E-state index in [9.17, 15) is 39.0 Å². The van der Waals surface area contributed by atoms with Crippen LogP contribution < -0.4 is 32.0 Å². The minimum Gasteiger partial charge on any atom is -0.508 e. The Balaban J connectivity index is 1.12. The van der Waals surface area contributed by atoms with Gasteiger partial charge in [-0.1, -0.05) is 36.4 Å². The van der Waals surface area contributed by atoms with Crippen LogP contribution in [0.15, 0.2) is 107 Å². The van der Waals surface area contributed by atoms with E-state index in [1.807, 2.05) is 6.07 Å². The molecule has 56 heavy (non-hydrogen) atoms. The summed E-state index contributed by atoms with van der Waals surface area (Å²) < 4.78 is 5.87. The largest absolute Gasteiger partial charge is 0.508 e. The highest BCUT2D eigenvalue weighted by Gasteiger charge is 2.28. The van der Waals surface area contributed by atoms with Gasteiger partial charge < -0.3 is 46.2 Å². The summed E-state index contributed by atoms with van der Waals surface area (Å²) in [5, 5.41) is 33.9. The number of nitrogens with zero attached hydrogens (tertiary/aromatic N) is 1.